The molecule has 1 N–H and O–H groups in total. The number of nitrogens with one attached hydrogen (secondary N) is 1. The molecule has 4 aliphatic rings. The molecular weight excluding hydrogens is 238 g/mol. The fraction of sp³-hybridized carbons (Fsp3) is 0.875. The molecule has 4 rings (SSSR count). The van der Waals surface area contributed by atoms with Crippen LogP contribution in [-0.2, 0) is 9.59 Å². The molecule has 0 radical (unpaired) electrons. The molecule has 0 aromatic carbocycles. The second kappa shape index (κ2) is 4.07. The zero-order valence-electron chi connectivity index (χ0n) is 11.5. The van der Waals surface area contributed by atoms with Gasteiger partial charge in [-0.2, -0.15) is 0 Å². The number of rotatable bonds is 1. The van der Waals surface area contributed by atoms with Gasteiger partial charge in [-0.1, -0.05) is 19.3 Å². The van der Waals surface area contributed by atoms with E-state index in [1.54, 1.807) is 0 Å². The van der Waals surface area contributed by atoms with E-state index in [0.717, 1.165) is 12.3 Å². The van der Waals surface area contributed by atoms with Crippen LogP contribution in [0.4, 0.5) is 0 Å². The number of carbonyl (C=O) groups excluding carboxylic acids is 2. The van der Waals surface area contributed by atoms with Gasteiger partial charge < -0.3 is 0 Å². The number of hydrogen-bond donors (Lipinski definition) is 1. The second-order valence-electron chi connectivity index (χ2n) is 7.42. The van der Waals surface area contributed by atoms with E-state index >= 15 is 0 Å². The first kappa shape index (κ1) is 11.9. The maximum absolute atomic E-state index is 12.5. The van der Waals surface area contributed by atoms with Gasteiger partial charge in [0.15, 0.2) is 0 Å². The Labute approximate surface area is 114 Å². The maximum atomic E-state index is 12.5. The quantitative estimate of drug-likeness (QED) is 0.738. The van der Waals surface area contributed by atoms with Crippen LogP contribution in [0.5, 0.6) is 0 Å². The first-order chi connectivity index (χ1) is 9.19. The first-order valence-electron chi connectivity index (χ1n) is 8.03. The summed E-state index contributed by atoms with van der Waals surface area (Å²) < 4.78 is 0. The molecule has 3 nitrogen and oxygen atoms in total. The third kappa shape index (κ3) is 1.63. The number of fused-ring (bicyclic) bond motifs is 3. The molecule has 3 aliphatic carbocycles. The molecule has 104 valence electrons. The van der Waals surface area contributed by atoms with Crippen LogP contribution in [0.15, 0.2) is 0 Å². The Morgan fingerprint density at radius 1 is 1.05 bits per heavy atom. The Hall–Kier alpha value is -0.860. The van der Waals surface area contributed by atoms with E-state index < -0.39 is 0 Å². The molecule has 1 aliphatic heterocycles. The highest BCUT2D eigenvalue weighted by Crippen LogP contribution is 2.64. The molecule has 1 saturated heterocycles. The third-order valence-electron chi connectivity index (χ3n) is 6.55. The Bertz CT molecular complexity index is 426. The predicted molar refractivity (Wildman–Crippen MR) is 71.1 cm³/mol. The minimum absolute atomic E-state index is 0.00760. The average molecular weight is 261 g/mol. The van der Waals surface area contributed by atoms with Crippen molar-refractivity contribution in [2.45, 2.75) is 57.8 Å². The lowest BCUT2D eigenvalue weighted by Crippen LogP contribution is -2.56. The lowest BCUT2D eigenvalue weighted by molar-refractivity contribution is -0.149. The van der Waals surface area contributed by atoms with Crippen LogP contribution >= 0.6 is 0 Å². The van der Waals surface area contributed by atoms with Crippen LogP contribution in [0.25, 0.3) is 0 Å². The predicted octanol–water partition coefficient (Wildman–Crippen LogP) is 2.65. The Balaban J connectivity index is 1.71. The topological polar surface area (TPSA) is 46.2 Å². The van der Waals surface area contributed by atoms with E-state index in [4.69, 9.17) is 0 Å². The summed E-state index contributed by atoms with van der Waals surface area (Å²) in [7, 11) is 0. The van der Waals surface area contributed by atoms with Gasteiger partial charge in [-0.15, -0.1) is 0 Å². The SMILES string of the molecule is O=C1CC2(CC3CCC2C3)C(C2CCCC2)C(=O)N1. The summed E-state index contributed by atoms with van der Waals surface area (Å²) in [5.41, 5.74) is 0.0529. The normalized spacial score (nSPS) is 46.2. The monoisotopic (exact) mass is 261 g/mol. The highest BCUT2D eigenvalue weighted by molar-refractivity contribution is 6.00. The van der Waals surface area contributed by atoms with E-state index in [0.29, 0.717) is 18.3 Å². The van der Waals surface area contributed by atoms with Crippen molar-refractivity contribution in [3.05, 3.63) is 0 Å². The van der Waals surface area contributed by atoms with Crippen LogP contribution in [0.2, 0.25) is 0 Å². The van der Waals surface area contributed by atoms with Crippen molar-refractivity contribution in [3.63, 3.8) is 0 Å². The van der Waals surface area contributed by atoms with Crippen LogP contribution in [-0.4, -0.2) is 11.8 Å². The average Bonchev–Trinajstić information content (AvgIpc) is 3.03. The van der Waals surface area contributed by atoms with Gasteiger partial charge in [0.1, 0.15) is 0 Å². The van der Waals surface area contributed by atoms with Crippen LogP contribution < -0.4 is 5.32 Å². The van der Waals surface area contributed by atoms with Crippen molar-refractivity contribution in [1.29, 1.82) is 0 Å². The van der Waals surface area contributed by atoms with Crippen molar-refractivity contribution in [2.24, 2.45) is 29.1 Å². The largest absolute Gasteiger partial charge is 0.296 e. The van der Waals surface area contributed by atoms with E-state index in [1.165, 1.54) is 44.9 Å². The molecule has 1 spiro atoms. The number of carbonyl (C=O) groups is 2. The molecule has 2 bridgehead atoms. The van der Waals surface area contributed by atoms with Crippen LogP contribution in [0.3, 0.4) is 0 Å². The molecule has 3 heteroatoms. The Kier molecular flexibility index (Phi) is 2.55. The number of imide groups is 1. The van der Waals surface area contributed by atoms with Crippen molar-refractivity contribution >= 4 is 11.8 Å². The Morgan fingerprint density at radius 3 is 2.47 bits per heavy atom. The third-order valence-corrected chi connectivity index (χ3v) is 6.55. The highest BCUT2D eigenvalue weighted by atomic mass is 16.2. The zero-order chi connectivity index (χ0) is 13.0. The summed E-state index contributed by atoms with van der Waals surface area (Å²) in [5, 5.41) is 2.64. The minimum Gasteiger partial charge on any atom is -0.296 e. The summed E-state index contributed by atoms with van der Waals surface area (Å²) in [6, 6.07) is 0. The molecule has 3 saturated carbocycles. The lowest BCUT2D eigenvalue weighted by atomic mass is 9.57. The molecule has 4 unspecified atom stereocenters. The molecule has 1 heterocycles. The van der Waals surface area contributed by atoms with E-state index in [1.807, 2.05) is 0 Å². The van der Waals surface area contributed by atoms with Crippen molar-refractivity contribution in [2.75, 3.05) is 0 Å². The summed E-state index contributed by atoms with van der Waals surface area (Å²) in [5.74, 6) is 2.20. The molecule has 2 amide bonds. The van der Waals surface area contributed by atoms with Crippen molar-refractivity contribution < 1.29 is 9.59 Å². The van der Waals surface area contributed by atoms with Crippen molar-refractivity contribution in [3.8, 4) is 0 Å². The van der Waals surface area contributed by atoms with Gasteiger partial charge in [-0.05, 0) is 55.3 Å². The standard InChI is InChI=1S/C16H23NO2/c18-13-9-16(8-10-5-6-12(16)7-10)14(15(19)17-13)11-3-1-2-4-11/h10-12,14H,1-9H2,(H,17,18,19). The first-order valence-corrected chi connectivity index (χ1v) is 8.03. The number of piperidine rings is 1. The number of amides is 2. The molecule has 0 aromatic heterocycles. The molecule has 0 aromatic rings. The van der Waals surface area contributed by atoms with E-state index in [9.17, 15) is 9.59 Å². The smallest absolute Gasteiger partial charge is 0.230 e. The zero-order valence-corrected chi connectivity index (χ0v) is 11.5. The summed E-state index contributed by atoms with van der Waals surface area (Å²) in [6.45, 7) is 0. The van der Waals surface area contributed by atoms with Crippen LogP contribution in [0, 0.1) is 29.1 Å². The fourth-order valence-electron chi connectivity index (χ4n) is 5.99. The van der Waals surface area contributed by atoms with Gasteiger partial charge in [0.25, 0.3) is 0 Å². The molecule has 19 heavy (non-hydrogen) atoms. The highest BCUT2D eigenvalue weighted by Gasteiger charge is 2.61. The maximum Gasteiger partial charge on any atom is 0.230 e. The number of hydrogen-bond acceptors (Lipinski definition) is 2. The molecule has 4 fully saturated rings. The van der Waals surface area contributed by atoms with Gasteiger partial charge in [-0.3, -0.25) is 14.9 Å². The van der Waals surface area contributed by atoms with Gasteiger partial charge in [0.05, 0.1) is 0 Å². The van der Waals surface area contributed by atoms with Crippen molar-refractivity contribution in [1.82, 2.24) is 5.32 Å². The van der Waals surface area contributed by atoms with Gasteiger partial charge in [-0.25, -0.2) is 0 Å². The summed E-state index contributed by atoms with van der Waals surface area (Å²) >= 11 is 0. The lowest BCUT2D eigenvalue weighted by Gasteiger charge is -2.48. The summed E-state index contributed by atoms with van der Waals surface area (Å²) in [4.78, 5) is 24.4. The second-order valence-corrected chi connectivity index (χ2v) is 7.42. The van der Waals surface area contributed by atoms with E-state index in [-0.39, 0.29) is 23.1 Å². The van der Waals surface area contributed by atoms with Gasteiger partial charge in [0.2, 0.25) is 11.8 Å². The molecule has 4 atom stereocenters. The minimum atomic E-state index is -0.00760. The van der Waals surface area contributed by atoms with Crippen LogP contribution in [0.1, 0.15) is 57.8 Å². The molecular formula is C16H23NO2. The Morgan fingerprint density at radius 2 is 1.84 bits per heavy atom. The van der Waals surface area contributed by atoms with Gasteiger partial charge >= 0.3 is 0 Å². The fourth-order valence-corrected chi connectivity index (χ4v) is 5.99. The summed E-state index contributed by atoms with van der Waals surface area (Å²) in [6.07, 6.45) is 10.6. The van der Waals surface area contributed by atoms with E-state index in [2.05, 4.69) is 5.32 Å². The van der Waals surface area contributed by atoms with Gasteiger partial charge in [0, 0.05) is 12.3 Å².